The molecule has 0 fully saturated rings. The van der Waals surface area contributed by atoms with Crippen LogP contribution in [-0.4, -0.2) is 54.2 Å². The molecule has 0 radical (unpaired) electrons. The van der Waals surface area contributed by atoms with E-state index in [9.17, 15) is 9.59 Å². The van der Waals surface area contributed by atoms with E-state index in [2.05, 4.69) is 36.0 Å². The van der Waals surface area contributed by atoms with Crippen molar-refractivity contribution in [2.75, 3.05) is 20.1 Å². The second-order valence-electron chi connectivity index (χ2n) is 4.39. The summed E-state index contributed by atoms with van der Waals surface area (Å²) in [6, 6.07) is -0.992. The Balaban J connectivity index is 3.95. The molecule has 0 aromatic rings. The molecule has 6 heteroatoms. The second kappa shape index (κ2) is 8.52. The Bertz CT molecular complexity index is 292. The number of rotatable bonds is 8. The van der Waals surface area contributed by atoms with Crippen molar-refractivity contribution in [1.82, 2.24) is 15.5 Å². The number of carboxylic acids is 1. The number of carbonyl (C=O) groups is 2. The van der Waals surface area contributed by atoms with Crippen molar-refractivity contribution in [2.24, 2.45) is 0 Å². The van der Waals surface area contributed by atoms with Gasteiger partial charge in [0.15, 0.2) is 0 Å². The molecule has 0 saturated carbocycles. The van der Waals surface area contributed by atoms with Gasteiger partial charge in [0.25, 0.3) is 0 Å². The van der Waals surface area contributed by atoms with Crippen LogP contribution in [0.25, 0.3) is 0 Å². The number of hydrogen-bond acceptors (Lipinski definition) is 3. The summed E-state index contributed by atoms with van der Waals surface area (Å²) in [5.41, 5.74) is 0. The van der Waals surface area contributed by atoms with E-state index >= 15 is 0 Å². The fraction of sp³-hybridized carbons (Fsp3) is 0.667. The van der Waals surface area contributed by atoms with Gasteiger partial charge in [0.1, 0.15) is 6.04 Å². The highest BCUT2D eigenvalue weighted by Gasteiger charge is 2.17. The molecular weight excluding hydrogens is 234 g/mol. The topological polar surface area (TPSA) is 81.7 Å². The van der Waals surface area contributed by atoms with Crippen LogP contribution in [0, 0.1) is 0 Å². The zero-order chi connectivity index (χ0) is 14.1. The summed E-state index contributed by atoms with van der Waals surface area (Å²) in [5.74, 6) is -1.07. The average Bonchev–Trinajstić information content (AvgIpc) is 2.27. The molecule has 0 aliphatic carbocycles. The predicted molar refractivity (Wildman–Crippen MR) is 70.5 cm³/mol. The molecule has 1 atom stereocenters. The summed E-state index contributed by atoms with van der Waals surface area (Å²) < 4.78 is 0. The number of hydrogen-bond donors (Lipinski definition) is 3. The number of carbonyl (C=O) groups excluding carboxylic acids is 1. The Morgan fingerprint density at radius 2 is 2.06 bits per heavy atom. The van der Waals surface area contributed by atoms with Gasteiger partial charge in [-0.25, -0.2) is 9.59 Å². The highest BCUT2D eigenvalue weighted by atomic mass is 16.4. The number of amides is 2. The van der Waals surface area contributed by atoms with Gasteiger partial charge < -0.3 is 20.6 Å². The number of carboxylic acid groups (broad SMARTS) is 1. The summed E-state index contributed by atoms with van der Waals surface area (Å²) >= 11 is 0. The van der Waals surface area contributed by atoms with Crippen LogP contribution in [0.1, 0.15) is 20.3 Å². The molecule has 0 aromatic carbocycles. The molecule has 0 heterocycles. The van der Waals surface area contributed by atoms with Crippen LogP contribution in [0.4, 0.5) is 4.79 Å². The van der Waals surface area contributed by atoms with Crippen molar-refractivity contribution in [1.29, 1.82) is 0 Å². The zero-order valence-electron chi connectivity index (χ0n) is 11.3. The molecule has 0 aliphatic heterocycles. The van der Waals surface area contributed by atoms with Gasteiger partial charge in [-0.1, -0.05) is 6.08 Å². The van der Waals surface area contributed by atoms with Crippen molar-refractivity contribution < 1.29 is 14.7 Å². The Morgan fingerprint density at radius 3 is 2.50 bits per heavy atom. The Labute approximate surface area is 108 Å². The highest BCUT2D eigenvalue weighted by molar-refractivity contribution is 5.82. The maximum atomic E-state index is 11.4. The number of urea groups is 1. The van der Waals surface area contributed by atoms with E-state index in [1.165, 1.54) is 6.08 Å². The summed E-state index contributed by atoms with van der Waals surface area (Å²) in [4.78, 5) is 24.3. The van der Waals surface area contributed by atoms with Crippen LogP contribution >= 0.6 is 0 Å². The summed E-state index contributed by atoms with van der Waals surface area (Å²) in [7, 11) is 1.96. The number of aliphatic carboxylic acids is 1. The van der Waals surface area contributed by atoms with Crippen LogP contribution in [0.2, 0.25) is 0 Å². The molecule has 0 aromatic heterocycles. The van der Waals surface area contributed by atoms with Crippen LogP contribution in [0.3, 0.4) is 0 Å². The van der Waals surface area contributed by atoms with Crippen molar-refractivity contribution in [2.45, 2.75) is 32.4 Å². The van der Waals surface area contributed by atoms with Gasteiger partial charge in [0.2, 0.25) is 0 Å². The quantitative estimate of drug-likeness (QED) is 0.558. The Morgan fingerprint density at radius 1 is 1.44 bits per heavy atom. The van der Waals surface area contributed by atoms with Gasteiger partial charge in [-0.3, -0.25) is 0 Å². The summed E-state index contributed by atoms with van der Waals surface area (Å²) in [6.45, 7) is 8.76. The third kappa shape index (κ3) is 6.90. The third-order valence-corrected chi connectivity index (χ3v) is 2.64. The standard InChI is InChI=1S/C12H23N3O3/c1-5-6-10(11(16)17)14-12(18)13-7-8-15(4)9(2)3/h5,9-10H,1,6-8H2,2-4H3,(H,16,17)(H2,13,14,18). The maximum Gasteiger partial charge on any atom is 0.326 e. The van der Waals surface area contributed by atoms with E-state index in [0.29, 0.717) is 19.1 Å². The van der Waals surface area contributed by atoms with Crippen molar-refractivity contribution in [3.8, 4) is 0 Å². The third-order valence-electron chi connectivity index (χ3n) is 2.64. The molecule has 104 valence electrons. The zero-order valence-corrected chi connectivity index (χ0v) is 11.3. The molecule has 0 rings (SSSR count). The van der Waals surface area contributed by atoms with Crippen LogP contribution in [0.5, 0.6) is 0 Å². The summed E-state index contributed by atoms with van der Waals surface area (Å²) in [5, 5.41) is 13.8. The lowest BCUT2D eigenvalue weighted by Gasteiger charge is -2.21. The molecule has 1 unspecified atom stereocenters. The highest BCUT2D eigenvalue weighted by Crippen LogP contribution is 1.93. The second-order valence-corrected chi connectivity index (χ2v) is 4.39. The van der Waals surface area contributed by atoms with Crippen LogP contribution in [0.15, 0.2) is 12.7 Å². The minimum Gasteiger partial charge on any atom is -0.480 e. The van der Waals surface area contributed by atoms with Gasteiger partial charge in [-0.05, 0) is 27.3 Å². The minimum atomic E-state index is -1.07. The molecule has 3 N–H and O–H groups in total. The smallest absolute Gasteiger partial charge is 0.326 e. The Kier molecular flexibility index (Phi) is 7.78. The Hall–Kier alpha value is -1.56. The van der Waals surface area contributed by atoms with E-state index in [4.69, 9.17) is 5.11 Å². The first-order valence-corrected chi connectivity index (χ1v) is 5.96. The van der Waals surface area contributed by atoms with E-state index in [1.807, 2.05) is 7.05 Å². The van der Waals surface area contributed by atoms with E-state index in [1.54, 1.807) is 0 Å². The van der Waals surface area contributed by atoms with Crippen LogP contribution in [-0.2, 0) is 4.79 Å². The number of likely N-dealkylation sites (N-methyl/N-ethyl adjacent to an activating group) is 1. The van der Waals surface area contributed by atoms with E-state index < -0.39 is 18.0 Å². The van der Waals surface area contributed by atoms with E-state index in [0.717, 1.165) is 0 Å². The van der Waals surface area contributed by atoms with E-state index in [-0.39, 0.29) is 6.42 Å². The first-order chi connectivity index (χ1) is 8.38. The maximum absolute atomic E-state index is 11.4. The van der Waals surface area contributed by atoms with Crippen molar-refractivity contribution >= 4 is 12.0 Å². The van der Waals surface area contributed by atoms with Crippen molar-refractivity contribution in [3.05, 3.63) is 12.7 Å². The van der Waals surface area contributed by atoms with Crippen molar-refractivity contribution in [3.63, 3.8) is 0 Å². The van der Waals surface area contributed by atoms with Gasteiger partial charge >= 0.3 is 12.0 Å². The largest absolute Gasteiger partial charge is 0.480 e. The minimum absolute atomic E-state index is 0.203. The number of nitrogens with one attached hydrogen (secondary N) is 2. The molecule has 0 saturated heterocycles. The van der Waals surface area contributed by atoms with Gasteiger partial charge in [-0.2, -0.15) is 0 Å². The lowest BCUT2D eigenvalue weighted by molar-refractivity contribution is -0.139. The normalized spacial score (nSPS) is 12.3. The van der Waals surface area contributed by atoms with Gasteiger partial charge in [0, 0.05) is 19.1 Å². The summed E-state index contributed by atoms with van der Waals surface area (Å²) in [6.07, 6.45) is 1.67. The molecule has 0 spiro atoms. The fourth-order valence-electron chi connectivity index (χ4n) is 1.20. The van der Waals surface area contributed by atoms with Gasteiger partial charge in [0.05, 0.1) is 0 Å². The molecule has 0 aliphatic rings. The average molecular weight is 257 g/mol. The molecule has 2 amide bonds. The van der Waals surface area contributed by atoms with Crippen LogP contribution < -0.4 is 10.6 Å². The monoisotopic (exact) mass is 257 g/mol. The first kappa shape index (κ1) is 16.4. The van der Waals surface area contributed by atoms with Gasteiger partial charge in [-0.15, -0.1) is 6.58 Å². The molecular formula is C12H23N3O3. The molecule has 0 bridgehead atoms. The predicted octanol–water partition coefficient (Wildman–Crippen LogP) is 0.655. The lowest BCUT2D eigenvalue weighted by Crippen LogP contribution is -2.47. The first-order valence-electron chi connectivity index (χ1n) is 5.96. The lowest BCUT2D eigenvalue weighted by atomic mass is 10.2. The molecule has 18 heavy (non-hydrogen) atoms. The molecule has 6 nitrogen and oxygen atoms in total. The fourth-order valence-corrected chi connectivity index (χ4v) is 1.20. The SMILES string of the molecule is C=CCC(NC(=O)NCCN(C)C(C)C)C(=O)O. The number of nitrogens with zero attached hydrogens (tertiary/aromatic N) is 1.